The lowest BCUT2D eigenvalue weighted by atomic mass is 10.2. The smallest absolute Gasteiger partial charge is 0.258 e. The molecule has 3 aromatic rings. The van der Waals surface area contributed by atoms with Crippen molar-refractivity contribution >= 4 is 5.82 Å². The Morgan fingerprint density at radius 1 is 1.15 bits per heavy atom. The number of pyridine rings is 1. The second kappa shape index (κ2) is 7.65. The normalized spacial score (nSPS) is 13.4. The van der Waals surface area contributed by atoms with E-state index in [-0.39, 0.29) is 5.92 Å². The van der Waals surface area contributed by atoms with E-state index in [9.17, 15) is 0 Å². The molecular formula is C20H22N4O3. The molecule has 0 unspecified atom stereocenters. The number of benzene rings is 1. The van der Waals surface area contributed by atoms with E-state index < -0.39 is 0 Å². The summed E-state index contributed by atoms with van der Waals surface area (Å²) in [5.74, 6) is 3.73. The number of rotatable bonds is 5. The minimum Gasteiger partial charge on any atom is -0.490 e. The molecule has 0 aliphatic carbocycles. The second-order valence-corrected chi connectivity index (χ2v) is 6.69. The van der Waals surface area contributed by atoms with Gasteiger partial charge in [0.05, 0.1) is 13.2 Å². The van der Waals surface area contributed by atoms with E-state index in [1.54, 1.807) is 6.20 Å². The fourth-order valence-corrected chi connectivity index (χ4v) is 2.83. The highest BCUT2D eigenvalue weighted by Crippen LogP contribution is 2.33. The quantitative estimate of drug-likeness (QED) is 0.730. The van der Waals surface area contributed by atoms with E-state index in [0.29, 0.717) is 31.5 Å². The molecule has 7 heteroatoms. The number of hydrogen-bond acceptors (Lipinski definition) is 7. The Morgan fingerprint density at radius 3 is 2.89 bits per heavy atom. The first kappa shape index (κ1) is 17.3. The molecule has 1 aromatic carbocycles. The number of nitrogens with zero attached hydrogens (tertiary/aromatic N) is 3. The first-order chi connectivity index (χ1) is 13.2. The first-order valence-electron chi connectivity index (χ1n) is 9.12. The number of anilines is 1. The summed E-state index contributed by atoms with van der Waals surface area (Å²) in [6, 6.07) is 9.69. The average Bonchev–Trinajstić information content (AvgIpc) is 3.06. The van der Waals surface area contributed by atoms with Gasteiger partial charge in [0.25, 0.3) is 5.89 Å². The fraction of sp³-hybridized carbons (Fsp3) is 0.350. The zero-order chi connectivity index (χ0) is 18.6. The molecule has 0 saturated carbocycles. The maximum absolute atomic E-state index is 5.87. The largest absolute Gasteiger partial charge is 0.490 e. The maximum Gasteiger partial charge on any atom is 0.258 e. The van der Waals surface area contributed by atoms with Crippen LogP contribution in [-0.4, -0.2) is 28.3 Å². The third-order valence-corrected chi connectivity index (χ3v) is 4.28. The van der Waals surface area contributed by atoms with Crippen LogP contribution in [0, 0.1) is 0 Å². The van der Waals surface area contributed by atoms with Gasteiger partial charge in [0.2, 0.25) is 0 Å². The molecule has 0 radical (unpaired) electrons. The molecule has 3 heterocycles. The summed E-state index contributed by atoms with van der Waals surface area (Å²) >= 11 is 0. The Bertz CT molecular complexity index is 923. The Labute approximate surface area is 157 Å². The van der Waals surface area contributed by atoms with Gasteiger partial charge in [-0.2, -0.15) is 4.98 Å². The van der Waals surface area contributed by atoms with E-state index in [1.807, 2.05) is 44.2 Å². The van der Waals surface area contributed by atoms with Gasteiger partial charge in [-0.3, -0.25) is 0 Å². The molecule has 4 rings (SSSR count). The lowest BCUT2D eigenvalue weighted by Crippen LogP contribution is -2.04. The lowest BCUT2D eigenvalue weighted by molar-refractivity contribution is 0.296. The second-order valence-electron chi connectivity index (χ2n) is 6.69. The van der Waals surface area contributed by atoms with Gasteiger partial charge < -0.3 is 19.3 Å². The van der Waals surface area contributed by atoms with Gasteiger partial charge in [0.1, 0.15) is 5.82 Å². The number of nitrogens with one attached hydrogen (secondary N) is 1. The maximum atomic E-state index is 5.87. The molecule has 0 atom stereocenters. The topological polar surface area (TPSA) is 82.3 Å². The van der Waals surface area contributed by atoms with E-state index in [0.717, 1.165) is 34.9 Å². The highest BCUT2D eigenvalue weighted by atomic mass is 16.5. The van der Waals surface area contributed by atoms with Gasteiger partial charge in [-0.25, -0.2) is 4.98 Å². The van der Waals surface area contributed by atoms with E-state index in [1.165, 1.54) is 0 Å². The predicted octanol–water partition coefficient (Wildman–Crippen LogP) is 4.03. The zero-order valence-electron chi connectivity index (χ0n) is 15.4. The highest BCUT2D eigenvalue weighted by Gasteiger charge is 2.15. The highest BCUT2D eigenvalue weighted by molar-refractivity contribution is 5.58. The predicted molar refractivity (Wildman–Crippen MR) is 101 cm³/mol. The molecule has 7 nitrogen and oxygen atoms in total. The summed E-state index contributed by atoms with van der Waals surface area (Å²) < 4.78 is 17.0. The third-order valence-electron chi connectivity index (χ3n) is 4.28. The summed E-state index contributed by atoms with van der Waals surface area (Å²) in [7, 11) is 0. The van der Waals surface area contributed by atoms with Crippen LogP contribution in [0.25, 0.3) is 11.5 Å². The molecule has 2 aromatic heterocycles. The molecule has 140 valence electrons. The van der Waals surface area contributed by atoms with Gasteiger partial charge in [-0.05, 0) is 18.2 Å². The van der Waals surface area contributed by atoms with Crippen LogP contribution < -0.4 is 14.8 Å². The zero-order valence-corrected chi connectivity index (χ0v) is 15.4. The summed E-state index contributed by atoms with van der Waals surface area (Å²) in [4.78, 5) is 8.82. The van der Waals surface area contributed by atoms with Crippen LogP contribution in [0.1, 0.15) is 37.6 Å². The standard InChI is InChI=1S/C20H22N4O3/c1-13(2)19-23-20(27-24-19)14-7-8-21-17(11-14)22-12-15-5-3-6-16-18(15)26-10-4-9-25-16/h3,5-8,11,13H,4,9-10,12H2,1-2H3,(H,21,22). The van der Waals surface area contributed by atoms with Crippen molar-refractivity contribution in [2.45, 2.75) is 32.7 Å². The van der Waals surface area contributed by atoms with Crippen LogP contribution >= 0.6 is 0 Å². The Hall–Kier alpha value is -3.09. The SMILES string of the molecule is CC(C)c1noc(-c2ccnc(NCc3cccc4c3OCCCO4)c2)n1. The van der Waals surface area contributed by atoms with Crippen LogP contribution in [0.15, 0.2) is 41.1 Å². The van der Waals surface area contributed by atoms with Crippen LogP contribution in [0.3, 0.4) is 0 Å². The molecular weight excluding hydrogens is 344 g/mol. The van der Waals surface area contributed by atoms with Crippen molar-refractivity contribution in [1.29, 1.82) is 0 Å². The fourth-order valence-electron chi connectivity index (χ4n) is 2.83. The van der Waals surface area contributed by atoms with Gasteiger partial charge in [0, 0.05) is 36.2 Å². The molecule has 0 bridgehead atoms. The summed E-state index contributed by atoms with van der Waals surface area (Å²) in [5.41, 5.74) is 1.86. The molecule has 1 aliphatic rings. The Balaban J connectivity index is 1.51. The molecule has 0 saturated heterocycles. The first-order valence-corrected chi connectivity index (χ1v) is 9.12. The van der Waals surface area contributed by atoms with E-state index in [4.69, 9.17) is 14.0 Å². The summed E-state index contributed by atoms with van der Waals surface area (Å²) in [6.07, 6.45) is 2.61. The van der Waals surface area contributed by atoms with E-state index >= 15 is 0 Å². The minimum atomic E-state index is 0.220. The monoisotopic (exact) mass is 366 g/mol. The molecule has 0 spiro atoms. The van der Waals surface area contributed by atoms with Crippen molar-refractivity contribution in [1.82, 2.24) is 15.1 Å². The van der Waals surface area contributed by atoms with Crippen molar-refractivity contribution < 1.29 is 14.0 Å². The van der Waals surface area contributed by atoms with Crippen molar-refractivity contribution in [3.05, 3.63) is 47.9 Å². The van der Waals surface area contributed by atoms with Crippen LogP contribution in [0.5, 0.6) is 11.5 Å². The molecule has 27 heavy (non-hydrogen) atoms. The number of hydrogen-bond donors (Lipinski definition) is 1. The van der Waals surface area contributed by atoms with Gasteiger partial charge in [-0.15, -0.1) is 0 Å². The van der Waals surface area contributed by atoms with Crippen molar-refractivity contribution in [3.63, 3.8) is 0 Å². The summed E-state index contributed by atoms with van der Waals surface area (Å²) in [5, 5.41) is 7.35. The van der Waals surface area contributed by atoms with Crippen molar-refractivity contribution in [2.75, 3.05) is 18.5 Å². The Morgan fingerprint density at radius 2 is 2.04 bits per heavy atom. The van der Waals surface area contributed by atoms with Crippen molar-refractivity contribution in [2.24, 2.45) is 0 Å². The van der Waals surface area contributed by atoms with Gasteiger partial charge in [0.15, 0.2) is 17.3 Å². The number of aromatic nitrogens is 3. The van der Waals surface area contributed by atoms with E-state index in [2.05, 4.69) is 20.4 Å². The van der Waals surface area contributed by atoms with Crippen molar-refractivity contribution in [3.8, 4) is 23.0 Å². The number of fused-ring (bicyclic) bond motifs is 1. The summed E-state index contributed by atoms with van der Waals surface area (Å²) in [6.45, 7) is 5.97. The lowest BCUT2D eigenvalue weighted by Gasteiger charge is -2.13. The molecule has 1 N–H and O–H groups in total. The molecule has 0 amide bonds. The van der Waals surface area contributed by atoms with Crippen LogP contribution in [-0.2, 0) is 6.54 Å². The number of ether oxygens (including phenoxy) is 2. The van der Waals surface area contributed by atoms with Gasteiger partial charge >= 0.3 is 0 Å². The van der Waals surface area contributed by atoms with Crippen LogP contribution in [0.4, 0.5) is 5.82 Å². The molecule has 1 aliphatic heterocycles. The third kappa shape index (κ3) is 3.86. The molecule has 0 fully saturated rings. The Kier molecular flexibility index (Phi) is 4.91. The van der Waals surface area contributed by atoms with Gasteiger partial charge in [-0.1, -0.05) is 31.1 Å². The minimum absolute atomic E-state index is 0.220. The van der Waals surface area contributed by atoms with Crippen LogP contribution in [0.2, 0.25) is 0 Å². The number of para-hydroxylation sites is 1. The average molecular weight is 366 g/mol.